The molecule has 0 bridgehead atoms. The molecule has 2 aliphatic rings. The first-order valence-electron chi connectivity index (χ1n) is 8.44. The Labute approximate surface area is 151 Å². The van der Waals surface area contributed by atoms with Crippen LogP contribution in [0.5, 0.6) is 0 Å². The van der Waals surface area contributed by atoms with Crippen molar-refractivity contribution in [1.82, 2.24) is 24.6 Å². The summed E-state index contributed by atoms with van der Waals surface area (Å²) in [5, 5.41) is 9.06. The lowest BCUT2D eigenvalue weighted by Crippen LogP contribution is -2.45. The van der Waals surface area contributed by atoms with Crippen LogP contribution < -0.4 is 0 Å². The number of fused-ring (bicyclic) bond motifs is 1. The Morgan fingerprint density at radius 1 is 1.04 bits per heavy atom. The van der Waals surface area contributed by atoms with Gasteiger partial charge in [0, 0.05) is 36.8 Å². The average molecular weight is 356 g/mol. The van der Waals surface area contributed by atoms with E-state index in [-0.39, 0.29) is 6.03 Å². The largest absolute Gasteiger partial charge is 0.325 e. The minimum atomic E-state index is 0.110. The van der Waals surface area contributed by atoms with Gasteiger partial charge in [-0.3, -0.25) is 0 Å². The molecular weight excluding hydrogens is 338 g/mol. The van der Waals surface area contributed by atoms with Gasteiger partial charge in [0.05, 0.1) is 6.54 Å². The summed E-state index contributed by atoms with van der Waals surface area (Å²) >= 11 is 5.98. The first kappa shape index (κ1) is 16.0. The number of hydrogen-bond donors (Lipinski definition) is 0. The molecule has 6 nitrogen and oxygen atoms in total. The third-order valence-electron chi connectivity index (χ3n) is 4.54. The summed E-state index contributed by atoms with van der Waals surface area (Å²) in [6.07, 6.45) is 2.19. The highest BCUT2D eigenvalue weighted by Crippen LogP contribution is 2.17. The predicted octanol–water partition coefficient (Wildman–Crippen LogP) is 2.36. The maximum absolute atomic E-state index is 12.5. The third-order valence-corrected chi connectivity index (χ3v) is 4.78. The van der Waals surface area contributed by atoms with E-state index in [9.17, 15) is 4.79 Å². The van der Waals surface area contributed by atoms with E-state index < -0.39 is 0 Å². The zero-order chi connectivity index (χ0) is 17.2. The van der Waals surface area contributed by atoms with E-state index in [0.717, 1.165) is 37.3 Å². The molecule has 0 saturated carbocycles. The molecule has 0 spiro atoms. The van der Waals surface area contributed by atoms with Crippen molar-refractivity contribution in [2.24, 2.45) is 0 Å². The minimum Gasteiger partial charge on any atom is -0.325 e. The second-order valence-electron chi connectivity index (χ2n) is 6.25. The third kappa shape index (κ3) is 3.33. The van der Waals surface area contributed by atoms with E-state index >= 15 is 0 Å². The fourth-order valence-corrected chi connectivity index (χ4v) is 3.41. The van der Waals surface area contributed by atoms with Gasteiger partial charge in [0.15, 0.2) is 5.82 Å². The summed E-state index contributed by atoms with van der Waals surface area (Å²) in [6.45, 7) is 3.53. The van der Waals surface area contributed by atoms with Gasteiger partial charge in [0.2, 0.25) is 5.82 Å². The fourth-order valence-electron chi connectivity index (χ4n) is 3.22. The van der Waals surface area contributed by atoms with Crippen molar-refractivity contribution >= 4 is 17.6 Å². The summed E-state index contributed by atoms with van der Waals surface area (Å²) in [7, 11) is 0. The molecule has 1 saturated heterocycles. The first-order chi connectivity index (χ1) is 12.2. The molecular formula is C18H18ClN5O. The lowest BCUT2D eigenvalue weighted by Gasteiger charge is -2.31. The Balaban J connectivity index is 1.50. The molecule has 0 aliphatic carbocycles. The van der Waals surface area contributed by atoms with Crippen LogP contribution in [0.4, 0.5) is 4.79 Å². The Morgan fingerprint density at radius 3 is 2.68 bits per heavy atom. The normalized spacial score (nSPS) is 16.4. The van der Waals surface area contributed by atoms with Gasteiger partial charge < -0.3 is 14.4 Å². The molecule has 7 heteroatoms. The first-order valence-corrected chi connectivity index (χ1v) is 8.82. The highest BCUT2D eigenvalue weighted by Gasteiger charge is 2.28. The standard InChI is InChI=1S/C18H18ClN5O/c19-15-5-3-4-14(12-15)6-7-16-20-21-17-13-23(10-11-24(16)17)18(25)22-8-1-2-9-22/h3-5,12H,1-2,8-11,13H2. The van der Waals surface area contributed by atoms with Gasteiger partial charge in [-0.2, -0.15) is 0 Å². The molecule has 2 aromatic rings. The van der Waals surface area contributed by atoms with Gasteiger partial charge in [0.25, 0.3) is 0 Å². The molecule has 0 radical (unpaired) electrons. The molecule has 128 valence electrons. The van der Waals surface area contributed by atoms with Gasteiger partial charge in [0.1, 0.15) is 0 Å². The van der Waals surface area contributed by atoms with Crippen molar-refractivity contribution in [1.29, 1.82) is 0 Å². The van der Waals surface area contributed by atoms with Crippen LogP contribution in [-0.2, 0) is 13.1 Å². The topological polar surface area (TPSA) is 54.3 Å². The molecule has 0 atom stereocenters. The molecule has 2 amide bonds. The SMILES string of the molecule is O=C(N1CCCC1)N1CCn2c(C#Cc3cccc(Cl)c3)nnc2C1. The van der Waals surface area contributed by atoms with Crippen molar-refractivity contribution in [2.45, 2.75) is 25.9 Å². The van der Waals surface area contributed by atoms with Gasteiger partial charge in [-0.1, -0.05) is 23.6 Å². The number of nitrogens with zero attached hydrogens (tertiary/aromatic N) is 5. The van der Waals surface area contributed by atoms with E-state index in [1.54, 1.807) is 0 Å². The summed E-state index contributed by atoms with van der Waals surface area (Å²) in [4.78, 5) is 16.3. The van der Waals surface area contributed by atoms with E-state index in [1.165, 1.54) is 0 Å². The molecule has 0 N–H and O–H groups in total. The number of benzene rings is 1. The lowest BCUT2D eigenvalue weighted by atomic mass is 10.2. The van der Waals surface area contributed by atoms with Crippen molar-refractivity contribution in [2.75, 3.05) is 19.6 Å². The van der Waals surface area contributed by atoms with E-state index in [0.29, 0.717) is 30.5 Å². The molecule has 2 aliphatic heterocycles. The van der Waals surface area contributed by atoms with Crippen LogP contribution >= 0.6 is 11.6 Å². The van der Waals surface area contributed by atoms with Gasteiger partial charge in [-0.05, 0) is 37.0 Å². The number of halogens is 1. The quantitative estimate of drug-likeness (QED) is 0.682. The highest BCUT2D eigenvalue weighted by atomic mass is 35.5. The molecule has 3 heterocycles. The van der Waals surface area contributed by atoms with Crippen LogP contribution in [-0.4, -0.2) is 50.2 Å². The average Bonchev–Trinajstić information content (AvgIpc) is 3.29. The van der Waals surface area contributed by atoms with Crippen LogP contribution in [0.2, 0.25) is 5.02 Å². The summed E-state index contributed by atoms with van der Waals surface area (Å²) in [6, 6.07) is 7.52. The van der Waals surface area contributed by atoms with E-state index in [2.05, 4.69) is 22.0 Å². The Bertz CT molecular complexity index is 860. The summed E-state index contributed by atoms with van der Waals surface area (Å²) < 4.78 is 1.99. The number of rotatable bonds is 0. The number of carbonyl (C=O) groups excluding carboxylic acids is 1. The van der Waals surface area contributed by atoms with Crippen molar-refractivity contribution < 1.29 is 4.79 Å². The van der Waals surface area contributed by atoms with Crippen molar-refractivity contribution in [3.05, 3.63) is 46.5 Å². The van der Waals surface area contributed by atoms with Crippen molar-refractivity contribution in [3.8, 4) is 11.8 Å². The number of aromatic nitrogens is 3. The molecule has 0 unspecified atom stereocenters. The molecule has 4 rings (SSSR count). The number of amides is 2. The molecule has 1 aromatic heterocycles. The van der Waals surface area contributed by atoms with Gasteiger partial charge >= 0.3 is 6.03 Å². The second-order valence-corrected chi connectivity index (χ2v) is 6.69. The van der Waals surface area contributed by atoms with Crippen LogP contribution in [0.3, 0.4) is 0 Å². The zero-order valence-corrected chi connectivity index (χ0v) is 14.5. The predicted molar refractivity (Wildman–Crippen MR) is 94.1 cm³/mol. The number of hydrogen-bond acceptors (Lipinski definition) is 3. The maximum Gasteiger partial charge on any atom is 0.320 e. The van der Waals surface area contributed by atoms with E-state index in [1.807, 2.05) is 38.6 Å². The number of urea groups is 1. The van der Waals surface area contributed by atoms with Crippen LogP contribution in [0.1, 0.15) is 30.1 Å². The molecule has 1 fully saturated rings. The summed E-state index contributed by atoms with van der Waals surface area (Å²) in [5.41, 5.74) is 0.839. The summed E-state index contributed by atoms with van der Waals surface area (Å²) in [5.74, 6) is 7.55. The maximum atomic E-state index is 12.5. The zero-order valence-electron chi connectivity index (χ0n) is 13.8. The Morgan fingerprint density at radius 2 is 1.88 bits per heavy atom. The van der Waals surface area contributed by atoms with Gasteiger partial charge in [-0.15, -0.1) is 10.2 Å². The Hall–Kier alpha value is -2.52. The second kappa shape index (κ2) is 6.77. The van der Waals surface area contributed by atoms with Crippen LogP contribution in [0.15, 0.2) is 24.3 Å². The van der Waals surface area contributed by atoms with Crippen LogP contribution in [0.25, 0.3) is 0 Å². The highest BCUT2D eigenvalue weighted by molar-refractivity contribution is 6.30. The number of carbonyl (C=O) groups is 1. The van der Waals surface area contributed by atoms with Crippen LogP contribution in [0, 0.1) is 11.8 Å². The van der Waals surface area contributed by atoms with Gasteiger partial charge in [-0.25, -0.2) is 4.79 Å². The van der Waals surface area contributed by atoms with E-state index in [4.69, 9.17) is 11.6 Å². The Kier molecular flexibility index (Phi) is 4.33. The smallest absolute Gasteiger partial charge is 0.320 e. The monoisotopic (exact) mass is 355 g/mol. The lowest BCUT2D eigenvalue weighted by molar-refractivity contribution is 0.148. The molecule has 25 heavy (non-hydrogen) atoms. The number of likely N-dealkylation sites (tertiary alicyclic amines) is 1. The van der Waals surface area contributed by atoms with Crippen molar-refractivity contribution in [3.63, 3.8) is 0 Å². The fraction of sp³-hybridized carbons (Fsp3) is 0.389. The molecule has 1 aromatic carbocycles. The minimum absolute atomic E-state index is 0.110.